The summed E-state index contributed by atoms with van der Waals surface area (Å²) in [4.78, 5) is 59.7. The summed E-state index contributed by atoms with van der Waals surface area (Å²) in [7, 11) is -0.433. The van der Waals surface area contributed by atoms with E-state index in [1.54, 1.807) is 42.5 Å². The van der Waals surface area contributed by atoms with E-state index in [4.69, 9.17) is 16.3 Å². The van der Waals surface area contributed by atoms with Crippen molar-refractivity contribution in [2.24, 2.45) is 23.7 Å². The number of phenols is 1. The van der Waals surface area contributed by atoms with Crippen molar-refractivity contribution in [2.45, 2.75) is 24.2 Å². The van der Waals surface area contributed by atoms with E-state index in [9.17, 15) is 33.9 Å². The van der Waals surface area contributed by atoms with E-state index < -0.39 is 71.6 Å². The monoisotopic (exact) mass is 735 g/mol. The summed E-state index contributed by atoms with van der Waals surface area (Å²) in [5.41, 5.74) is 3.08. The molecule has 4 amide bonds. The molecular formula is C39H32BClFN3O8. The number of halogens is 2. The Balaban J connectivity index is 1.33. The van der Waals surface area contributed by atoms with E-state index in [1.165, 1.54) is 55.6 Å². The topological polar surface area (TPSA) is 157 Å². The van der Waals surface area contributed by atoms with Gasteiger partial charge in [0.15, 0.2) is 11.5 Å². The lowest BCUT2D eigenvalue weighted by molar-refractivity contribution is -0.138. The van der Waals surface area contributed by atoms with Gasteiger partial charge < -0.3 is 19.9 Å². The minimum atomic E-state index is -1.83. The molecule has 0 bridgehead atoms. The molecule has 4 aromatic carbocycles. The summed E-state index contributed by atoms with van der Waals surface area (Å²) in [6, 6.07) is 22.5. The zero-order valence-electron chi connectivity index (χ0n) is 28.1. The van der Waals surface area contributed by atoms with Crippen molar-refractivity contribution in [1.82, 2.24) is 5.01 Å². The molecule has 268 valence electrons. The third-order valence-corrected chi connectivity index (χ3v) is 11.5. The zero-order chi connectivity index (χ0) is 37.3. The highest BCUT2D eigenvalue weighted by atomic mass is 35.5. The number of hydrogen-bond acceptors (Lipinski definition) is 9. The van der Waals surface area contributed by atoms with Crippen LogP contribution in [0.3, 0.4) is 0 Å². The molecule has 6 unspecified atom stereocenters. The second kappa shape index (κ2) is 12.9. The van der Waals surface area contributed by atoms with Gasteiger partial charge in [-0.1, -0.05) is 59.6 Å². The van der Waals surface area contributed by atoms with E-state index in [1.807, 2.05) is 6.08 Å². The van der Waals surface area contributed by atoms with Crippen LogP contribution in [0.25, 0.3) is 0 Å². The quantitative estimate of drug-likeness (QED) is 0.125. The van der Waals surface area contributed by atoms with Crippen LogP contribution in [0.5, 0.6) is 11.5 Å². The van der Waals surface area contributed by atoms with Crippen molar-refractivity contribution in [3.63, 3.8) is 0 Å². The fourth-order valence-electron chi connectivity index (χ4n) is 9.02. The Kier molecular flexibility index (Phi) is 8.40. The molecule has 4 N–H and O–H groups in total. The van der Waals surface area contributed by atoms with Gasteiger partial charge in [-0.15, -0.1) is 0 Å². The predicted molar refractivity (Wildman–Crippen MR) is 192 cm³/mol. The first kappa shape index (κ1) is 34.6. The summed E-state index contributed by atoms with van der Waals surface area (Å²) in [5, 5.41) is 32.7. The first-order valence-corrected chi connectivity index (χ1v) is 17.4. The summed E-state index contributed by atoms with van der Waals surface area (Å²) in [6.07, 6.45) is 1.97. The maximum Gasteiger partial charge on any atom is 0.488 e. The third-order valence-electron chi connectivity index (χ3n) is 11.2. The highest BCUT2D eigenvalue weighted by molar-refractivity contribution is 6.58. The molecule has 2 aliphatic carbocycles. The van der Waals surface area contributed by atoms with Gasteiger partial charge in [0.2, 0.25) is 11.8 Å². The van der Waals surface area contributed by atoms with Crippen molar-refractivity contribution >= 4 is 59.2 Å². The molecule has 2 saturated heterocycles. The number of benzene rings is 4. The normalized spacial score (nSPS) is 26.2. The molecule has 11 nitrogen and oxygen atoms in total. The summed E-state index contributed by atoms with van der Waals surface area (Å²) < 4.78 is 19.4. The van der Waals surface area contributed by atoms with E-state index in [0.717, 1.165) is 9.91 Å². The summed E-state index contributed by atoms with van der Waals surface area (Å²) in [5.74, 6) is -7.50. The van der Waals surface area contributed by atoms with Crippen LogP contribution in [-0.2, 0) is 24.6 Å². The van der Waals surface area contributed by atoms with Gasteiger partial charge in [0.1, 0.15) is 5.82 Å². The van der Waals surface area contributed by atoms with E-state index in [2.05, 4.69) is 5.43 Å². The number of imide groups is 2. The lowest BCUT2D eigenvalue weighted by Gasteiger charge is -2.50. The van der Waals surface area contributed by atoms with Gasteiger partial charge in [-0.05, 0) is 84.4 Å². The number of anilines is 2. The van der Waals surface area contributed by atoms with Crippen LogP contribution in [-0.4, -0.2) is 58.0 Å². The number of carbonyl (C=O) groups excluding carboxylic acids is 4. The predicted octanol–water partition coefficient (Wildman–Crippen LogP) is 4.06. The summed E-state index contributed by atoms with van der Waals surface area (Å²) in [6.45, 7) is 0. The van der Waals surface area contributed by atoms with Gasteiger partial charge in [0.25, 0.3) is 11.8 Å². The highest BCUT2D eigenvalue weighted by Crippen LogP contribution is 2.65. The van der Waals surface area contributed by atoms with E-state index >= 15 is 4.79 Å². The summed E-state index contributed by atoms with van der Waals surface area (Å²) >= 11 is 6.34. The molecule has 0 aromatic heterocycles. The number of allylic oxidation sites excluding steroid dienone is 2. The van der Waals surface area contributed by atoms with Crippen molar-refractivity contribution in [2.75, 3.05) is 17.4 Å². The maximum absolute atomic E-state index is 15.2. The minimum absolute atomic E-state index is 0.00865. The van der Waals surface area contributed by atoms with Gasteiger partial charge in [0, 0.05) is 16.5 Å². The number of nitrogens with zero attached hydrogens (tertiary/aromatic N) is 2. The molecule has 8 rings (SSSR count). The Morgan fingerprint density at radius 1 is 0.906 bits per heavy atom. The van der Waals surface area contributed by atoms with Crippen LogP contribution in [0.2, 0.25) is 5.02 Å². The number of carbonyl (C=O) groups is 4. The number of hydrogen-bond donors (Lipinski definition) is 4. The van der Waals surface area contributed by atoms with Crippen LogP contribution in [0, 0.1) is 29.5 Å². The molecule has 6 atom stereocenters. The Hall–Kier alpha value is -5.50. The van der Waals surface area contributed by atoms with Crippen LogP contribution < -0.4 is 20.5 Å². The number of para-hydroxylation sites is 1. The molecule has 14 heteroatoms. The molecule has 2 aliphatic heterocycles. The average Bonchev–Trinajstić information content (AvgIpc) is 3.53. The maximum atomic E-state index is 15.2. The third kappa shape index (κ3) is 5.17. The molecule has 3 fully saturated rings. The number of amides is 4. The van der Waals surface area contributed by atoms with Gasteiger partial charge >= 0.3 is 7.12 Å². The lowest BCUT2D eigenvalue weighted by atomic mass is 9.49. The molecule has 53 heavy (non-hydrogen) atoms. The number of aromatic hydroxyl groups is 1. The largest absolute Gasteiger partial charge is 0.504 e. The van der Waals surface area contributed by atoms with Gasteiger partial charge in [-0.25, -0.2) is 4.39 Å². The zero-order valence-corrected chi connectivity index (χ0v) is 28.9. The number of ether oxygens (including phenoxy) is 1. The second-order valence-electron chi connectivity index (χ2n) is 13.8. The number of rotatable bonds is 7. The Labute approximate surface area is 308 Å². The fraction of sp³-hybridized carbons (Fsp3) is 0.231. The van der Waals surface area contributed by atoms with Crippen LogP contribution in [0.1, 0.15) is 29.9 Å². The van der Waals surface area contributed by atoms with Crippen LogP contribution in [0.4, 0.5) is 15.8 Å². The average molecular weight is 736 g/mol. The lowest BCUT2D eigenvalue weighted by Crippen LogP contribution is -2.53. The SMILES string of the molecule is COc1cccc(C2C3=CCC4C(=O)N(c5cccc(B(O)O)c5)C(=O)C4C3CC3C(=O)N(Nc4ccc(F)cc4)C(=O)C32c2ccc(Cl)cc2)c1O. The highest BCUT2D eigenvalue weighted by Gasteiger charge is 2.70. The van der Waals surface area contributed by atoms with Crippen molar-refractivity contribution in [3.8, 4) is 11.5 Å². The van der Waals surface area contributed by atoms with Crippen molar-refractivity contribution in [3.05, 3.63) is 125 Å². The Morgan fingerprint density at radius 3 is 2.32 bits per heavy atom. The van der Waals surface area contributed by atoms with E-state index in [0.29, 0.717) is 16.2 Å². The standard InChI is InChI=1S/C39H32BClFN3O8/c1-53-31-7-3-6-28(34(31)46)33-26-16-17-27-32(37(49)44(35(27)47)25-5-2-4-21(18-25)40(51)52)29(26)19-30-36(48)45(43-24-14-12-23(42)13-15-24)38(50)39(30,33)20-8-10-22(41)11-9-20/h2-16,18,27,29-30,32-33,43,46,51-52H,17,19H2,1H3. The van der Waals surface area contributed by atoms with Crippen LogP contribution in [0.15, 0.2) is 103 Å². The number of nitrogens with one attached hydrogen (secondary N) is 1. The number of fused-ring (bicyclic) bond motifs is 4. The second-order valence-corrected chi connectivity index (χ2v) is 14.2. The number of methoxy groups -OCH3 is 1. The van der Waals surface area contributed by atoms with Gasteiger partial charge in [0.05, 0.1) is 41.7 Å². The first-order valence-electron chi connectivity index (χ1n) is 17.0. The van der Waals surface area contributed by atoms with Crippen molar-refractivity contribution in [1.29, 1.82) is 0 Å². The van der Waals surface area contributed by atoms with Crippen molar-refractivity contribution < 1.29 is 43.5 Å². The number of phenolic OH excluding ortho intramolecular Hbond substituents is 1. The minimum Gasteiger partial charge on any atom is -0.504 e. The number of hydrazine groups is 1. The molecule has 4 aliphatic rings. The van der Waals surface area contributed by atoms with E-state index in [-0.39, 0.29) is 46.7 Å². The molecule has 0 radical (unpaired) electrons. The fourth-order valence-corrected chi connectivity index (χ4v) is 9.14. The molecule has 2 heterocycles. The van der Waals surface area contributed by atoms with Gasteiger partial charge in [-0.3, -0.25) is 29.5 Å². The van der Waals surface area contributed by atoms with Crippen LogP contribution >= 0.6 is 11.6 Å². The molecular weight excluding hydrogens is 704 g/mol. The smallest absolute Gasteiger partial charge is 0.488 e. The molecule has 0 spiro atoms. The Morgan fingerprint density at radius 2 is 1.62 bits per heavy atom. The first-order chi connectivity index (χ1) is 25.5. The molecule has 4 aromatic rings. The Bertz CT molecular complexity index is 2220. The van der Waals surface area contributed by atoms with Gasteiger partial charge in [-0.2, -0.15) is 5.01 Å². The molecule has 1 saturated carbocycles.